The molecule has 0 aliphatic carbocycles. The fraction of sp³-hybridized carbons (Fsp3) is 0.174. The van der Waals surface area contributed by atoms with Crippen molar-refractivity contribution in [3.8, 4) is 23.0 Å². The Bertz CT molecular complexity index is 1110. The minimum Gasteiger partial charge on any atom is -0.334 e. The quantitative estimate of drug-likeness (QED) is 0.508. The summed E-state index contributed by atoms with van der Waals surface area (Å²) in [5.74, 6) is 1.18. The number of nitrogens with zero attached hydrogens (tertiary/aromatic N) is 3. The van der Waals surface area contributed by atoms with Gasteiger partial charge in [-0.05, 0) is 35.7 Å². The second-order valence-electron chi connectivity index (χ2n) is 7.14. The van der Waals surface area contributed by atoms with Crippen molar-refractivity contribution in [2.75, 3.05) is 5.32 Å². The van der Waals surface area contributed by atoms with Crippen LogP contribution in [0.1, 0.15) is 25.3 Å². The SMILES string of the molecule is CC(C)c1cccc(NC(=O)Cn2cccc2-c2nc(-c3ccccc3)no2)c1. The molecule has 0 atom stereocenters. The van der Waals surface area contributed by atoms with Gasteiger partial charge in [-0.15, -0.1) is 0 Å². The molecule has 146 valence electrons. The fourth-order valence-corrected chi connectivity index (χ4v) is 3.11. The lowest BCUT2D eigenvalue weighted by molar-refractivity contribution is -0.116. The van der Waals surface area contributed by atoms with Gasteiger partial charge in [0, 0.05) is 17.4 Å². The number of aromatic nitrogens is 3. The lowest BCUT2D eigenvalue weighted by Crippen LogP contribution is -2.19. The van der Waals surface area contributed by atoms with Crippen LogP contribution in [-0.2, 0) is 11.3 Å². The molecule has 1 amide bonds. The van der Waals surface area contributed by atoms with E-state index in [1.807, 2.05) is 66.9 Å². The van der Waals surface area contributed by atoms with Gasteiger partial charge in [-0.1, -0.05) is 61.5 Å². The lowest BCUT2D eigenvalue weighted by atomic mass is 10.0. The summed E-state index contributed by atoms with van der Waals surface area (Å²) < 4.78 is 7.23. The zero-order valence-corrected chi connectivity index (χ0v) is 16.4. The number of benzene rings is 2. The van der Waals surface area contributed by atoms with Crippen LogP contribution in [0.3, 0.4) is 0 Å². The monoisotopic (exact) mass is 386 g/mol. The van der Waals surface area contributed by atoms with E-state index in [0.29, 0.717) is 23.3 Å². The first-order chi connectivity index (χ1) is 14.1. The maximum Gasteiger partial charge on any atom is 0.274 e. The molecule has 0 bridgehead atoms. The summed E-state index contributed by atoms with van der Waals surface area (Å²) in [4.78, 5) is 17.0. The van der Waals surface area contributed by atoms with Crippen molar-refractivity contribution in [3.63, 3.8) is 0 Å². The van der Waals surface area contributed by atoms with E-state index in [1.54, 1.807) is 4.57 Å². The third-order valence-corrected chi connectivity index (χ3v) is 4.66. The van der Waals surface area contributed by atoms with E-state index in [1.165, 1.54) is 5.56 Å². The zero-order chi connectivity index (χ0) is 20.2. The molecule has 2 aromatic carbocycles. The maximum absolute atomic E-state index is 12.6. The molecule has 0 unspecified atom stereocenters. The normalized spacial score (nSPS) is 11.0. The fourth-order valence-electron chi connectivity index (χ4n) is 3.11. The second-order valence-corrected chi connectivity index (χ2v) is 7.14. The van der Waals surface area contributed by atoms with Gasteiger partial charge in [-0.25, -0.2) is 0 Å². The van der Waals surface area contributed by atoms with E-state index in [9.17, 15) is 4.79 Å². The average molecular weight is 386 g/mol. The zero-order valence-electron chi connectivity index (χ0n) is 16.4. The number of nitrogens with one attached hydrogen (secondary N) is 1. The Labute approximate surface area is 169 Å². The number of hydrogen-bond acceptors (Lipinski definition) is 4. The van der Waals surface area contributed by atoms with Gasteiger partial charge >= 0.3 is 0 Å². The number of carbonyl (C=O) groups is 1. The molecular formula is C23H22N4O2. The van der Waals surface area contributed by atoms with Gasteiger partial charge in [0.1, 0.15) is 12.2 Å². The Kier molecular flexibility index (Phi) is 5.24. The minimum atomic E-state index is -0.119. The highest BCUT2D eigenvalue weighted by molar-refractivity contribution is 5.91. The predicted octanol–water partition coefficient (Wildman–Crippen LogP) is 4.97. The summed E-state index contributed by atoms with van der Waals surface area (Å²) in [6.07, 6.45) is 1.83. The van der Waals surface area contributed by atoms with Crippen LogP contribution in [0.2, 0.25) is 0 Å². The summed E-state index contributed by atoms with van der Waals surface area (Å²) in [6.45, 7) is 4.40. The van der Waals surface area contributed by atoms with Gasteiger partial charge < -0.3 is 14.4 Å². The summed E-state index contributed by atoms with van der Waals surface area (Å²) in [6, 6.07) is 21.3. The van der Waals surface area contributed by atoms with Crippen LogP contribution in [0.25, 0.3) is 23.0 Å². The van der Waals surface area contributed by atoms with Crippen molar-refractivity contribution in [2.24, 2.45) is 0 Å². The molecule has 1 N–H and O–H groups in total. The van der Waals surface area contributed by atoms with E-state index in [-0.39, 0.29) is 12.5 Å². The number of carbonyl (C=O) groups excluding carboxylic acids is 1. The van der Waals surface area contributed by atoms with Gasteiger partial charge in [-0.2, -0.15) is 4.98 Å². The first-order valence-electron chi connectivity index (χ1n) is 9.54. The molecule has 0 aliphatic rings. The molecule has 0 saturated carbocycles. The van der Waals surface area contributed by atoms with Gasteiger partial charge in [0.25, 0.3) is 5.89 Å². The molecule has 2 heterocycles. The summed E-state index contributed by atoms with van der Waals surface area (Å²) in [5.41, 5.74) is 3.55. The van der Waals surface area contributed by atoms with Gasteiger partial charge in [0.05, 0.1) is 0 Å². The highest BCUT2D eigenvalue weighted by Gasteiger charge is 2.15. The van der Waals surface area contributed by atoms with Crippen LogP contribution < -0.4 is 5.32 Å². The van der Waals surface area contributed by atoms with Crippen molar-refractivity contribution in [1.29, 1.82) is 0 Å². The Hall–Kier alpha value is -3.67. The molecule has 0 fully saturated rings. The van der Waals surface area contributed by atoms with Crippen LogP contribution in [-0.4, -0.2) is 20.6 Å². The molecule has 0 aliphatic heterocycles. The molecule has 2 aromatic heterocycles. The van der Waals surface area contributed by atoms with Crippen molar-refractivity contribution >= 4 is 11.6 Å². The van der Waals surface area contributed by atoms with Gasteiger partial charge in [-0.3, -0.25) is 4.79 Å². The molecular weight excluding hydrogens is 364 g/mol. The molecule has 0 radical (unpaired) electrons. The maximum atomic E-state index is 12.6. The number of rotatable bonds is 6. The van der Waals surface area contributed by atoms with Gasteiger partial charge in [0.15, 0.2) is 0 Å². The van der Waals surface area contributed by atoms with Crippen LogP contribution >= 0.6 is 0 Å². The molecule has 0 saturated heterocycles. The smallest absolute Gasteiger partial charge is 0.274 e. The summed E-state index contributed by atoms with van der Waals surface area (Å²) in [7, 11) is 0. The van der Waals surface area contributed by atoms with Crippen molar-refractivity contribution in [3.05, 3.63) is 78.5 Å². The second kappa shape index (κ2) is 8.14. The van der Waals surface area contributed by atoms with E-state index in [2.05, 4.69) is 35.4 Å². The number of hydrogen-bond donors (Lipinski definition) is 1. The third kappa shape index (κ3) is 4.27. The Morgan fingerprint density at radius 3 is 2.69 bits per heavy atom. The topological polar surface area (TPSA) is 73.0 Å². The van der Waals surface area contributed by atoms with Gasteiger partial charge in [0.2, 0.25) is 11.7 Å². The number of anilines is 1. The first kappa shape index (κ1) is 18.7. The largest absolute Gasteiger partial charge is 0.334 e. The Balaban J connectivity index is 1.49. The van der Waals surface area contributed by atoms with E-state index in [4.69, 9.17) is 4.52 Å². The molecule has 6 heteroatoms. The highest BCUT2D eigenvalue weighted by atomic mass is 16.5. The Morgan fingerprint density at radius 2 is 1.90 bits per heavy atom. The Morgan fingerprint density at radius 1 is 1.07 bits per heavy atom. The molecule has 29 heavy (non-hydrogen) atoms. The average Bonchev–Trinajstić information content (AvgIpc) is 3.38. The van der Waals surface area contributed by atoms with Crippen molar-refractivity contribution in [1.82, 2.24) is 14.7 Å². The predicted molar refractivity (Wildman–Crippen MR) is 112 cm³/mol. The molecule has 4 aromatic rings. The summed E-state index contributed by atoms with van der Waals surface area (Å²) >= 11 is 0. The summed E-state index contributed by atoms with van der Waals surface area (Å²) in [5, 5.41) is 7.02. The molecule has 6 nitrogen and oxygen atoms in total. The van der Waals surface area contributed by atoms with Crippen LogP contribution in [0.15, 0.2) is 77.4 Å². The standard InChI is InChI=1S/C23H22N4O2/c1-16(2)18-10-6-11-19(14-18)24-21(28)15-27-13-7-12-20(27)23-25-22(26-29-23)17-8-4-3-5-9-17/h3-14,16H,15H2,1-2H3,(H,24,28). The highest BCUT2D eigenvalue weighted by Crippen LogP contribution is 2.23. The van der Waals surface area contributed by atoms with Crippen LogP contribution in [0.5, 0.6) is 0 Å². The van der Waals surface area contributed by atoms with E-state index < -0.39 is 0 Å². The number of amides is 1. The van der Waals surface area contributed by atoms with E-state index >= 15 is 0 Å². The molecule has 0 spiro atoms. The van der Waals surface area contributed by atoms with E-state index in [0.717, 1.165) is 11.3 Å². The van der Waals surface area contributed by atoms with Crippen LogP contribution in [0.4, 0.5) is 5.69 Å². The molecule has 4 rings (SSSR count). The van der Waals surface area contributed by atoms with Crippen LogP contribution in [0, 0.1) is 0 Å². The minimum absolute atomic E-state index is 0.119. The lowest BCUT2D eigenvalue weighted by Gasteiger charge is -2.11. The first-order valence-corrected chi connectivity index (χ1v) is 9.54. The van der Waals surface area contributed by atoms with Crippen molar-refractivity contribution in [2.45, 2.75) is 26.3 Å². The third-order valence-electron chi connectivity index (χ3n) is 4.66. The van der Waals surface area contributed by atoms with Crippen molar-refractivity contribution < 1.29 is 9.32 Å².